The molecule has 13 heavy (non-hydrogen) atoms. The molecule has 1 aromatic carbocycles. The summed E-state index contributed by atoms with van der Waals surface area (Å²) in [6, 6.07) is 6.54. The molecule has 0 aromatic heterocycles. The zero-order valence-electron chi connectivity index (χ0n) is 8.65. The predicted molar refractivity (Wildman–Crippen MR) is 63.3 cm³/mol. The molecule has 0 bridgehead atoms. The highest BCUT2D eigenvalue weighted by atomic mass is 31.0. The summed E-state index contributed by atoms with van der Waals surface area (Å²) in [5.74, 6) is 0. The summed E-state index contributed by atoms with van der Waals surface area (Å²) in [6.45, 7) is 6.51. The Morgan fingerprint density at radius 1 is 1.38 bits per heavy atom. The largest absolute Gasteiger partial charge is 0.123 e. The molecule has 0 unspecified atom stereocenters. The van der Waals surface area contributed by atoms with Gasteiger partial charge in [0.25, 0.3) is 0 Å². The van der Waals surface area contributed by atoms with E-state index in [1.54, 1.807) is 0 Å². The normalized spacial score (nSPS) is 10.1. The van der Waals surface area contributed by atoms with Crippen molar-refractivity contribution in [1.82, 2.24) is 0 Å². The summed E-state index contributed by atoms with van der Waals surface area (Å²) >= 11 is 0. The van der Waals surface area contributed by atoms with Crippen LogP contribution in [-0.4, -0.2) is 5.29 Å². The minimum absolute atomic E-state index is 1.05. The molecule has 0 heterocycles. The second-order valence-electron chi connectivity index (χ2n) is 3.52. The molecule has 0 nitrogen and oxygen atoms in total. The van der Waals surface area contributed by atoms with E-state index in [1.807, 2.05) is 0 Å². The summed E-state index contributed by atoms with van der Waals surface area (Å²) in [7, 11) is 3.57. The maximum absolute atomic E-state index is 3.57. The Labute approximate surface area is 83.2 Å². The summed E-state index contributed by atoms with van der Waals surface area (Å²) in [5.41, 5.74) is 4.35. The first-order valence-corrected chi connectivity index (χ1v) is 5.26. The lowest BCUT2D eigenvalue weighted by Gasteiger charge is -2.10. The minimum Gasteiger partial charge on any atom is -0.123 e. The van der Waals surface area contributed by atoms with E-state index in [9.17, 15) is 0 Å². The third-order valence-electron chi connectivity index (χ3n) is 2.33. The number of benzene rings is 1. The molecular formula is C12H17P. The summed E-state index contributed by atoms with van der Waals surface area (Å²) < 4.78 is 0. The van der Waals surface area contributed by atoms with Gasteiger partial charge in [0.1, 0.15) is 0 Å². The highest BCUT2D eigenvalue weighted by Crippen LogP contribution is 2.16. The number of aryl methyl sites for hydroxylation is 2. The van der Waals surface area contributed by atoms with Gasteiger partial charge in [0.2, 0.25) is 0 Å². The van der Waals surface area contributed by atoms with Gasteiger partial charge in [-0.1, -0.05) is 25.1 Å². The lowest BCUT2D eigenvalue weighted by molar-refractivity contribution is 1.07. The number of hydrogen-bond acceptors (Lipinski definition) is 0. The second-order valence-corrected chi connectivity index (χ2v) is 4.38. The molecule has 0 N–H and O–H groups in total. The molecule has 1 heteroatoms. The Bertz CT molecular complexity index is 313. The molecule has 1 rings (SSSR count). The number of hydrogen-bond donors (Lipinski definition) is 0. The van der Waals surface area contributed by atoms with Gasteiger partial charge in [0.05, 0.1) is 0 Å². The van der Waals surface area contributed by atoms with Gasteiger partial charge in [0, 0.05) is 0 Å². The van der Waals surface area contributed by atoms with E-state index in [-0.39, 0.29) is 0 Å². The van der Waals surface area contributed by atoms with Crippen LogP contribution < -0.4 is 0 Å². The molecular weight excluding hydrogens is 175 g/mol. The average molecular weight is 192 g/mol. The van der Waals surface area contributed by atoms with E-state index in [4.69, 9.17) is 0 Å². The quantitative estimate of drug-likeness (QED) is 0.643. The maximum Gasteiger partial charge on any atom is -0.00237 e. The SMILES string of the molecule is CCc1cccc(C)c1CC(C)=P. The zero-order valence-corrected chi connectivity index (χ0v) is 9.65. The van der Waals surface area contributed by atoms with Crippen molar-refractivity contribution in [3.63, 3.8) is 0 Å². The standard InChI is InChI=1S/C12H17P/c1-4-11-7-5-6-9(2)12(11)8-10(3)13/h5-7,13H,4,8H2,1-3H3. The van der Waals surface area contributed by atoms with Crippen molar-refractivity contribution in [2.45, 2.75) is 33.6 Å². The minimum atomic E-state index is 1.05. The highest BCUT2D eigenvalue weighted by Gasteiger charge is 2.03. The molecule has 0 spiro atoms. The van der Waals surface area contributed by atoms with E-state index in [0.29, 0.717) is 0 Å². The van der Waals surface area contributed by atoms with E-state index in [2.05, 4.69) is 47.8 Å². The Balaban J connectivity index is 3.07. The van der Waals surface area contributed by atoms with Crippen LogP contribution in [0.5, 0.6) is 0 Å². The van der Waals surface area contributed by atoms with Gasteiger partial charge in [-0.25, -0.2) is 0 Å². The van der Waals surface area contributed by atoms with Crippen molar-refractivity contribution in [1.29, 1.82) is 0 Å². The molecule has 0 saturated carbocycles. The van der Waals surface area contributed by atoms with Crippen molar-refractivity contribution in [3.05, 3.63) is 34.9 Å². The summed E-state index contributed by atoms with van der Waals surface area (Å²) in [4.78, 5) is 0. The van der Waals surface area contributed by atoms with Crippen molar-refractivity contribution in [2.75, 3.05) is 0 Å². The van der Waals surface area contributed by atoms with Crippen LogP contribution in [0.1, 0.15) is 30.5 Å². The lowest BCUT2D eigenvalue weighted by Crippen LogP contribution is -2.01. The Hall–Kier alpha value is -0.610. The van der Waals surface area contributed by atoms with Crippen LogP contribution in [0.15, 0.2) is 18.2 Å². The van der Waals surface area contributed by atoms with Crippen molar-refractivity contribution < 1.29 is 0 Å². The van der Waals surface area contributed by atoms with Crippen LogP contribution in [-0.2, 0) is 12.8 Å². The van der Waals surface area contributed by atoms with Crippen LogP contribution in [0, 0.1) is 6.92 Å². The van der Waals surface area contributed by atoms with E-state index in [0.717, 1.165) is 12.8 Å². The van der Waals surface area contributed by atoms with Crippen LogP contribution in [0.3, 0.4) is 0 Å². The van der Waals surface area contributed by atoms with Gasteiger partial charge >= 0.3 is 0 Å². The topological polar surface area (TPSA) is 0 Å². The second kappa shape index (κ2) is 4.58. The van der Waals surface area contributed by atoms with Crippen LogP contribution >= 0.6 is 8.86 Å². The van der Waals surface area contributed by atoms with Crippen molar-refractivity contribution >= 4 is 14.2 Å². The van der Waals surface area contributed by atoms with E-state index < -0.39 is 0 Å². The lowest BCUT2D eigenvalue weighted by atomic mass is 9.96. The van der Waals surface area contributed by atoms with Crippen molar-refractivity contribution in [3.8, 4) is 0 Å². The van der Waals surface area contributed by atoms with Gasteiger partial charge in [-0.05, 0) is 48.7 Å². The molecule has 1 aromatic rings. The maximum atomic E-state index is 3.57. The van der Waals surface area contributed by atoms with E-state index >= 15 is 0 Å². The zero-order chi connectivity index (χ0) is 9.84. The van der Waals surface area contributed by atoms with Crippen LogP contribution in [0.4, 0.5) is 0 Å². The fourth-order valence-corrected chi connectivity index (χ4v) is 1.79. The first-order valence-electron chi connectivity index (χ1n) is 4.76. The predicted octanol–water partition coefficient (Wildman–Crippen LogP) is 3.44. The molecule has 0 fully saturated rings. The van der Waals surface area contributed by atoms with Crippen LogP contribution in [0.25, 0.3) is 0 Å². The van der Waals surface area contributed by atoms with Gasteiger partial charge in [-0.3, -0.25) is 0 Å². The van der Waals surface area contributed by atoms with Crippen molar-refractivity contribution in [2.24, 2.45) is 0 Å². The molecule has 0 amide bonds. The van der Waals surface area contributed by atoms with Crippen LogP contribution in [0.2, 0.25) is 0 Å². The average Bonchev–Trinajstić information content (AvgIpc) is 2.08. The summed E-state index contributed by atoms with van der Waals surface area (Å²) in [5, 5.41) is 1.30. The third kappa shape index (κ3) is 2.67. The van der Waals surface area contributed by atoms with Gasteiger partial charge in [-0.15, -0.1) is 8.86 Å². The highest BCUT2D eigenvalue weighted by molar-refractivity contribution is 7.20. The molecule has 0 aliphatic carbocycles. The smallest absolute Gasteiger partial charge is 0.00237 e. The number of rotatable bonds is 3. The Kier molecular flexibility index (Phi) is 3.69. The molecule has 0 atom stereocenters. The molecule has 0 saturated heterocycles. The van der Waals surface area contributed by atoms with Gasteiger partial charge in [0.15, 0.2) is 0 Å². The monoisotopic (exact) mass is 192 g/mol. The molecule has 0 radical (unpaired) electrons. The first-order chi connectivity index (χ1) is 6.15. The molecule has 70 valence electrons. The Morgan fingerprint density at radius 3 is 2.62 bits per heavy atom. The third-order valence-corrected chi connectivity index (χ3v) is 2.51. The first kappa shape index (κ1) is 10.5. The van der Waals surface area contributed by atoms with E-state index in [1.165, 1.54) is 22.0 Å². The van der Waals surface area contributed by atoms with Gasteiger partial charge in [-0.2, -0.15) is 0 Å². The Morgan fingerprint density at radius 2 is 2.08 bits per heavy atom. The fraction of sp³-hybridized carbons (Fsp3) is 0.417. The molecule has 0 aliphatic rings. The molecule has 0 aliphatic heterocycles. The summed E-state index contributed by atoms with van der Waals surface area (Å²) in [6.07, 6.45) is 2.17. The van der Waals surface area contributed by atoms with Gasteiger partial charge < -0.3 is 0 Å². The fourth-order valence-electron chi connectivity index (χ4n) is 1.61.